The Bertz CT molecular complexity index is 451. The van der Waals surface area contributed by atoms with Crippen molar-refractivity contribution in [3.63, 3.8) is 0 Å². The van der Waals surface area contributed by atoms with Crippen molar-refractivity contribution in [1.29, 1.82) is 0 Å². The summed E-state index contributed by atoms with van der Waals surface area (Å²) in [4.78, 5) is 4.14. The number of halogens is 3. The Hall–Kier alpha value is -0.220. The van der Waals surface area contributed by atoms with Gasteiger partial charge in [-0.25, -0.2) is 4.98 Å². The van der Waals surface area contributed by atoms with Crippen LogP contribution in [0.2, 0.25) is 8.67 Å². The molecule has 0 spiro atoms. The Morgan fingerprint density at radius 2 is 2.21 bits per heavy atom. The average molecular weight is 269 g/mol. The van der Waals surface area contributed by atoms with E-state index in [-0.39, 0.29) is 0 Å². The number of hydrogen-bond donors (Lipinski definition) is 0. The van der Waals surface area contributed by atoms with Crippen LogP contribution in [0.25, 0.3) is 11.5 Å². The second-order valence-electron chi connectivity index (χ2n) is 2.52. The minimum Gasteiger partial charge on any atom is -0.444 e. The summed E-state index contributed by atoms with van der Waals surface area (Å²) in [5.74, 6) is 0.771. The van der Waals surface area contributed by atoms with Gasteiger partial charge in [0.05, 0.1) is 21.5 Å². The summed E-state index contributed by atoms with van der Waals surface area (Å²) in [6.07, 6.45) is 1.50. The topological polar surface area (TPSA) is 26.0 Å². The van der Waals surface area contributed by atoms with Crippen molar-refractivity contribution < 1.29 is 4.42 Å². The van der Waals surface area contributed by atoms with Crippen LogP contribution >= 0.6 is 46.1 Å². The number of hydrogen-bond acceptors (Lipinski definition) is 3. The van der Waals surface area contributed by atoms with Gasteiger partial charge in [-0.05, 0) is 6.07 Å². The maximum Gasteiger partial charge on any atom is 0.228 e. The fraction of sp³-hybridized carbons (Fsp3) is 0.125. The molecule has 0 unspecified atom stereocenters. The van der Waals surface area contributed by atoms with Crippen LogP contribution in [0.1, 0.15) is 5.69 Å². The van der Waals surface area contributed by atoms with Crippen molar-refractivity contribution >= 4 is 46.1 Å². The number of rotatable bonds is 2. The molecule has 0 aliphatic heterocycles. The Labute approximate surface area is 99.4 Å². The standard InChI is InChI=1S/C8H4Cl3NOS/c9-2-4-3-13-8(12-4)5-1-6(10)14-7(5)11/h1,3H,2H2. The van der Waals surface area contributed by atoms with Crippen LogP contribution in [0, 0.1) is 0 Å². The van der Waals surface area contributed by atoms with Crippen LogP contribution in [-0.2, 0) is 5.88 Å². The molecule has 0 N–H and O–H groups in total. The number of nitrogens with zero attached hydrogens (tertiary/aromatic N) is 1. The van der Waals surface area contributed by atoms with Crippen LogP contribution in [0.4, 0.5) is 0 Å². The monoisotopic (exact) mass is 267 g/mol. The number of oxazole rings is 1. The van der Waals surface area contributed by atoms with E-state index < -0.39 is 0 Å². The summed E-state index contributed by atoms with van der Waals surface area (Å²) < 4.78 is 6.38. The predicted octanol–water partition coefficient (Wildman–Crippen LogP) is 4.45. The molecule has 2 rings (SSSR count). The van der Waals surface area contributed by atoms with Crippen LogP contribution < -0.4 is 0 Å². The molecule has 0 aliphatic rings. The van der Waals surface area contributed by atoms with E-state index in [1.165, 1.54) is 17.6 Å². The molecule has 6 heteroatoms. The zero-order valence-electron chi connectivity index (χ0n) is 6.76. The minimum absolute atomic E-state index is 0.318. The second-order valence-corrected chi connectivity index (χ2v) is 5.07. The van der Waals surface area contributed by atoms with E-state index in [0.29, 0.717) is 31.7 Å². The largest absolute Gasteiger partial charge is 0.444 e. The predicted molar refractivity (Wildman–Crippen MR) is 59.4 cm³/mol. The van der Waals surface area contributed by atoms with Crippen LogP contribution in [-0.4, -0.2) is 4.98 Å². The molecule has 0 saturated heterocycles. The molecule has 2 nitrogen and oxygen atoms in total. The first-order valence-electron chi connectivity index (χ1n) is 3.66. The fourth-order valence-corrected chi connectivity index (χ4v) is 2.55. The van der Waals surface area contributed by atoms with Crippen molar-refractivity contribution in [2.45, 2.75) is 5.88 Å². The Balaban J connectivity index is 2.43. The van der Waals surface area contributed by atoms with Gasteiger partial charge in [0.1, 0.15) is 10.6 Å². The van der Waals surface area contributed by atoms with Crippen molar-refractivity contribution in [3.05, 3.63) is 26.7 Å². The summed E-state index contributed by atoms with van der Waals surface area (Å²) in [6, 6.07) is 1.72. The molecule has 0 bridgehead atoms. The zero-order valence-corrected chi connectivity index (χ0v) is 9.84. The lowest BCUT2D eigenvalue weighted by atomic mass is 10.3. The van der Waals surface area contributed by atoms with Gasteiger partial charge < -0.3 is 4.42 Å². The van der Waals surface area contributed by atoms with E-state index in [2.05, 4.69) is 4.98 Å². The minimum atomic E-state index is 0.318. The molecule has 74 valence electrons. The normalized spacial score (nSPS) is 10.8. The van der Waals surface area contributed by atoms with Gasteiger partial charge in [0, 0.05) is 0 Å². The highest BCUT2D eigenvalue weighted by atomic mass is 35.5. The lowest BCUT2D eigenvalue weighted by Crippen LogP contribution is -1.77. The Morgan fingerprint density at radius 3 is 2.71 bits per heavy atom. The van der Waals surface area contributed by atoms with Gasteiger partial charge >= 0.3 is 0 Å². The first-order chi connectivity index (χ1) is 6.70. The first kappa shape index (κ1) is 10.3. The highest BCUT2D eigenvalue weighted by molar-refractivity contribution is 7.20. The smallest absolute Gasteiger partial charge is 0.228 e. The summed E-state index contributed by atoms with van der Waals surface area (Å²) in [5, 5.41) is 0. The third-order valence-electron chi connectivity index (χ3n) is 1.58. The summed E-state index contributed by atoms with van der Waals surface area (Å²) in [7, 11) is 0. The molecule has 2 aromatic rings. The summed E-state index contributed by atoms with van der Waals surface area (Å²) >= 11 is 18.6. The molecule has 2 heterocycles. The molecule has 0 aliphatic carbocycles. The average Bonchev–Trinajstić information content (AvgIpc) is 2.71. The fourth-order valence-electron chi connectivity index (χ4n) is 0.978. The van der Waals surface area contributed by atoms with Gasteiger partial charge in [0.15, 0.2) is 0 Å². The van der Waals surface area contributed by atoms with E-state index in [4.69, 9.17) is 39.2 Å². The van der Waals surface area contributed by atoms with Gasteiger partial charge in [-0.1, -0.05) is 23.2 Å². The molecule has 0 radical (unpaired) electrons. The van der Waals surface area contributed by atoms with Gasteiger partial charge in [-0.15, -0.1) is 22.9 Å². The third-order valence-corrected chi connectivity index (χ3v) is 3.34. The van der Waals surface area contributed by atoms with Crippen molar-refractivity contribution in [1.82, 2.24) is 4.98 Å². The highest BCUT2D eigenvalue weighted by Gasteiger charge is 2.13. The van der Waals surface area contributed by atoms with Gasteiger partial charge in [0.2, 0.25) is 5.89 Å². The lowest BCUT2D eigenvalue weighted by Gasteiger charge is -1.88. The molecular weight excluding hydrogens is 265 g/mol. The Kier molecular flexibility index (Phi) is 3.02. The Morgan fingerprint density at radius 1 is 1.43 bits per heavy atom. The third kappa shape index (κ3) is 1.91. The molecule has 14 heavy (non-hydrogen) atoms. The number of alkyl halides is 1. The molecule has 0 amide bonds. The first-order valence-corrected chi connectivity index (χ1v) is 5.77. The van der Waals surface area contributed by atoms with E-state index in [1.54, 1.807) is 6.07 Å². The SMILES string of the molecule is ClCc1coc(-c2cc(Cl)sc2Cl)n1. The summed E-state index contributed by atoms with van der Waals surface area (Å²) in [5.41, 5.74) is 1.39. The zero-order chi connectivity index (χ0) is 10.1. The second kappa shape index (κ2) is 4.11. The van der Waals surface area contributed by atoms with Gasteiger partial charge in [-0.2, -0.15) is 0 Å². The lowest BCUT2D eigenvalue weighted by molar-refractivity contribution is 0.573. The van der Waals surface area contributed by atoms with E-state index in [9.17, 15) is 0 Å². The quantitative estimate of drug-likeness (QED) is 0.752. The molecule has 0 saturated carbocycles. The van der Waals surface area contributed by atoms with E-state index >= 15 is 0 Å². The molecule has 0 aromatic carbocycles. The molecule has 0 atom stereocenters. The number of aromatic nitrogens is 1. The maximum atomic E-state index is 5.93. The molecule has 0 fully saturated rings. The van der Waals surface area contributed by atoms with Crippen LogP contribution in [0.15, 0.2) is 16.7 Å². The van der Waals surface area contributed by atoms with E-state index in [0.717, 1.165) is 0 Å². The van der Waals surface area contributed by atoms with Gasteiger partial charge in [0.25, 0.3) is 0 Å². The van der Waals surface area contributed by atoms with Crippen molar-refractivity contribution in [2.24, 2.45) is 0 Å². The van der Waals surface area contributed by atoms with E-state index in [1.807, 2.05) is 0 Å². The van der Waals surface area contributed by atoms with Crippen molar-refractivity contribution in [2.75, 3.05) is 0 Å². The summed E-state index contributed by atoms with van der Waals surface area (Å²) in [6.45, 7) is 0. The van der Waals surface area contributed by atoms with Gasteiger partial charge in [-0.3, -0.25) is 0 Å². The maximum absolute atomic E-state index is 5.93. The van der Waals surface area contributed by atoms with Crippen LogP contribution in [0.5, 0.6) is 0 Å². The van der Waals surface area contributed by atoms with Crippen molar-refractivity contribution in [3.8, 4) is 11.5 Å². The number of thiophene rings is 1. The van der Waals surface area contributed by atoms with Crippen LogP contribution in [0.3, 0.4) is 0 Å². The highest BCUT2D eigenvalue weighted by Crippen LogP contribution is 2.37. The molecular formula is C8H4Cl3NOS. The molecule has 2 aromatic heterocycles.